The molecule has 104 valence electrons. The summed E-state index contributed by atoms with van der Waals surface area (Å²) >= 11 is 0. The van der Waals surface area contributed by atoms with E-state index in [-0.39, 0.29) is 0 Å². The van der Waals surface area contributed by atoms with Crippen LogP contribution in [0.1, 0.15) is 38.3 Å². The van der Waals surface area contributed by atoms with E-state index in [9.17, 15) is 9.90 Å². The van der Waals surface area contributed by atoms with Crippen molar-refractivity contribution in [1.82, 2.24) is 9.97 Å². The molecule has 2 rings (SSSR count). The molecule has 5 nitrogen and oxygen atoms in total. The van der Waals surface area contributed by atoms with Crippen molar-refractivity contribution in [1.29, 1.82) is 0 Å². The summed E-state index contributed by atoms with van der Waals surface area (Å²) in [5, 5.41) is 9.57. The summed E-state index contributed by atoms with van der Waals surface area (Å²) in [5.74, 6) is -0.0341. The molecule has 0 spiro atoms. The van der Waals surface area contributed by atoms with Crippen LogP contribution in [0.25, 0.3) is 0 Å². The highest BCUT2D eigenvalue weighted by molar-refractivity contribution is 5.75. The van der Waals surface area contributed by atoms with Gasteiger partial charge in [-0.25, -0.2) is 9.97 Å². The van der Waals surface area contributed by atoms with Gasteiger partial charge in [-0.05, 0) is 32.3 Å². The van der Waals surface area contributed by atoms with E-state index in [0.717, 1.165) is 31.5 Å². The normalized spacial score (nSPS) is 23.4. The lowest BCUT2D eigenvalue weighted by atomic mass is 9.76. The Morgan fingerprint density at radius 3 is 3.00 bits per heavy atom. The van der Waals surface area contributed by atoms with Crippen molar-refractivity contribution in [2.24, 2.45) is 5.41 Å². The standard InChI is InChI=1S/C14H21N3O2/c1-3-6-14(12(18)19)7-4-9-17(10-14)13-15-8-5-11(2)16-13/h5,8H,3-4,6-7,9-10H2,1-2H3,(H,18,19). The van der Waals surface area contributed by atoms with Crippen LogP contribution in [0.15, 0.2) is 12.3 Å². The predicted octanol–water partition coefficient (Wildman–Crippen LogP) is 2.26. The SMILES string of the molecule is CCCC1(C(=O)O)CCCN(c2nccc(C)n2)C1. The molecule has 0 aliphatic carbocycles. The molecule has 1 aliphatic rings. The quantitative estimate of drug-likeness (QED) is 0.902. The first kappa shape index (κ1) is 13.8. The molecule has 5 heteroatoms. The first-order chi connectivity index (χ1) is 9.07. The number of hydrogen-bond donors (Lipinski definition) is 1. The summed E-state index contributed by atoms with van der Waals surface area (Å²) in [7, 11) is 0. The summed E-state index contributed by atoms with van der Waals surface area (Å²) in [5.41, 5.74) is 0.270. The lowest BCUT2D eigenvalue weighted by molar-refractivity contribution is -0.150. The third-order valence-electron chi connectivity index (χ3n) is 3.82. The van der Waals surface area contributed by atoms with Gasteiger partial charge in [0.05, 0.1) is 5.41 Å². The van der Waals surface area contributed by atoms with Gasteiger partial charge in [-0.3, -0.25) is 4.79 Å². The van der Waals surface area contributed by atoms with E-state index in [1.807, 2.05) is 24.8 Å². The lowest BCUT2D eigenvalue weighted by Gasteiger charge is -2.39. The van der Waals surface area contributed by atoms with Crippen LogP contribution in [0, 0.1) is 12.3 Å². The molecule has 19 heavy (non-hydrogen) atoms. The second-order valence-corrected chi connectivity index (χ2v) is 5.36. The number of hydrogen-bond acceptors (Lipinski definition) is 4. The zero-order valence-corrected chi connectivity index (χ0v) is 11.6. The van der Waals surface area contributed by atoms with E-state index in [4.69, 9.17) is 0 Å². The van der Waals surface area contributed by atoms with Gasteiger partial charge in [0.1, 0.15) is 0 Å². The Bertz CT molecular complexity index is 460. The molecule has 1 N–H and O–H groups in total. The topological polar surface area (TPSA) is 66.3 Å². The first-order valence-electron chi connectivity index (χ1n) is 6.85. The Balaban J connectivity index is 2.22. The first-order valence-corrected chi connectivity index (χ1v) is 6.85. The fourth-order valence-electron chi connectivity index (χ4n) is 2.85. The fourth-order valence-corrected chi connectivity index (χ4v) is 2.85. The second kappa shape index (κ2) is 5.55. The van der Waals surface area contributed by atoms with Crippen molar-refractivity contribution >= 4 is 11.9 Å². The van der Waals surface area contributed by atoms with Gasteiger partial charge >= 0.3 is 5.97 Å². The molecule has 0 saturated carbocycles. The molecule has 1 aromatic heterocycles. The third kappa shape index (κ3) is 2.85. The summed E-state index contributed by atoms with van der Waals surface area (Å²) < 4.78 is 0. The van der Waals surface area contributed by atoms with E-state index in [1.165, 1.54) is 0 Å². The maximum atomic E-state index is 11.6. The van der Waals surface area contributed by atoms with Crippen molar-refractivity contribution < 1.29 is 9.90 Å². The van der Waals surface area contributed by atoms with Crippen LogP contribution in [0.3, 0.4) is 0 Å². The minimum Gasteiger partial charge on any atom is -0.481 e. The van der Waals surface area contributed by atoms with Gasteiger partial charge in [0.25, 0.3) is 0 Å². The van der Waals surface area contributed by atoms with Gasteiger partial charge in [0, 0.05) is 25.0 Å². The number of aryl methyl sites for hydroxylation is 1. The smallest absolute Gasteiger partial charge is 0.311 e. The van der Waals surface area contributed by atoms with Crippen molar-refractivity contribution in [3.05, 3.63) is 18.0 Å². The van der Waals surface area contributed by atoms with Crippen LogP contribution in [0.5, 0.6) is 0 Å². The van der Waals surface area contributed by atoms with Crippen LogP contribution in [-0.4, -0.2) is 34.1 Å². The van der Waals surface area contributed by atoms with Crippen molar-refractivity contribution in [2.75, 3.05) is 18.0 Å². The molecule has 0 amide bonds. The van der Waals surface area contributed by atoms with Gasteiger partial charge in [-0.15, -0.1) is 0 Å². The van der Waals surface area contributed by atoms with Gasteiger partial charge in [-0.1, -0.05) is 13.3 Å². The Hall–Kier alpha value is -1.65. The number of aromatic nitrogens is 2. The number of nitrogens with zero attached hydrogens (tertiary/aromatic N) is 3. The summed E-state index contributed by atoms with van der Waals surface area (Å²) in [4.78, 5) is 22.3. The van der Waals surface area contributed by atoms with Crippen molar-refractivity contribution in [3.63, 3.8) is 0 Å². The minimum atomic E-state index is -0.688. The van der Waals surface area contributed by atoms with E-state index in [1.54, 1.807) is 6.20 Å². The molecule has 0 aromatic carbocycles. The Labute approximate surface area is 113 Å². The molecular weight excluding hydrogens is 242 g/mol. The molecule has 1 saturated heterocycles. The van der Waals surface area contributed by atoms with Gasteiger partial charge in [0.2, 0.25) is 5.95 Å². The number of carbonyl (C=O) groups is 1. The van der Waals surface area contributed by atoms with Gasteiger partial charge in [-0.2, -0.15) is 0 Å². The van der Waals surface area contributed by atoms with Gasteiger partial charge < -0.3 is 10.0 Å². The van der Waals surface area contributed by atoms with E-state index in [0.29, 0.717) is 18.9 Å². The van der Waals surface area contributed by atoms with Crippen molar-refractivity contribution in [3.8, 4) is 0 Å². The lowest BCUT2D eigenvalue weighted by Crippen LogP contribution is -2.48. The maximum Gasteiger partial charge on any atom is 0.311 e. The Morgan fingerprint density at radius 2 is 2.37 bits per heavy atom. The average Bonchev–Trinajstić information content (AvgIpc) is 2.39. The molecular formula is C14H21N3O2. The summed E-state index contributed by atoms with van der Waals surface area (Å²) in [6.07, 6.45) is 4.95. The fraction of sp³-hybridized carbons (Fsp3) is 0.643. The highest BCUT2D eigenvalue weighted by atomic mass is 16.4. The second-order valence-electron chi connectivity index (χ2n) is 5.36. The molecule has 1 fully saturated rings. The van der Waals surface area contributed by atoms with E-state index < -0.39 is 11.4 Å². The van der Waals surface area contributed by atoms with Crippen molar-refractivity contribution in [2.45, 2.75) is 39.5 Å². The Morgan fingerprint density at radius 1 is 1.58 bits per heavy atom. The number of anilines is 1. The third-order valence-corrected chi connectivity index (χ3v) is 3.82. The summed E-state index contributed by atoms with van der Waals surface area (Å²) in [6.45, 7) is 5.31. The van der Waals surface area contributed by atoms with Crippen LogP contribution in [0.4, 0.5) is 5.95 Å². The number of rotatable bonds is 4. The highest BCUT2D eigenvalue weighted by Crippen LogP contribution is 2.36. The zero-order valence-electron chi connectivity index (χ0n) is 11.6. The molecule has 1 atom stereocenters. The highest BCUT2D eigenvalue weighted by Gasteiger charge is 2.42. The monoisotopic (exact) mass is 263 g/mol. The zero-order chi connectivity index (χ0) is 13.9. The van der Waals surface area contributed by atoms with Crippen LogP contribution in [0.2, 0.25) is 0 Å². The largest absolute Gasteiger partial charge is 0.481 e. The molecule has 0 bridgehead atoms. The molecule has 1 aromatic rings. The van der Waals surface area contributed by atoms with Crippen LogP contribution < -0.4 is 4.90 Å². The average molecular weight is 263 g/mol. The van der Waals surface area contributed by atoms with E-state index >= 15 is 0 Å². The van der Waals surface area contributed by atoms with Crippen LogP contribution >= 0.6 is 0 Å². The number of aliphatic carboxylic acids is 1. The number of piperidine rings is 1. The van der Waals surface area contributed by atoms with Crippen LogP contribution in [-0.2, 0) is 4.79 Å². The van der Waals surface area contributed by atoms with Gasteiger partial charge in [0.15, 0.2) is 0 Å². The molecule has 1 unspecified atom stereocenters. The number of carboxylic acid groups (broad SMARTS) is 1. The molecule has 2 heterocycles. The summed E-state index contributed by atoms with van der Waals surface area (Å²) in [6, 6.07) is 1.85. The maximum absolute atomic E-state index is 11.6. The molecule has 0 radical (unpaired) electrons. The Kier molecular flexibility index (Phi) is 4.02. The predicted molar refractivity (Wildman–Crippen MR) is 73.2 cm³/mol. The molecule has 1 aliphatic heterocycles. The number of carboxylic acids is 1. The minimum absolute atomic E-state index is 0.514. The van der Waals surface area contributed by atoms with E-state index in [2.05, 4.69) is 9.97 Å².